The van der Waals surface area contributed by atoms with E-state index in [1.54, 1.807) is 0 Å². The number of carbonyl (C=O) groups is 1. The van der Waals surface area contributed by atoms with Gasteiger partial charge in [-0.2, -0.15) is 13.2 Å². The predicted molar refractivity (Wildman–Crippen MR) is 132 cm³/mol. The minimum absolute atomic E-state index is 0.0292. The first-order chi connectivity index (χ1) is 18.2. The molecule has 0 bridgehead atoms. The van der Waals surface area contributed by atoms with E-state index < -0.39 is 52.9 Å². The van der Waals surface area contributed by atoms with Crippen molar-refractivity contribution >= 4 is 5.97 Å². The maximum Gasteiger partial charge on any atom is 0.416 e. The van der Waals surface area contributed by atoms with Crippen molar-refractivity contribution in [2.24, 2.45) is 5.41 Å². The van der Waals surface area contributed by atoms with Gasteiger partial charge in [0.1, 0.15) is 18.0 Å². The van der Waals surface area contributed by atoms with Gasteiger partial charge < -0.3 is 19.3 Å². The Morgan fingerprint density at radius 1 is 1.18 bits per heavy atom. The van der Waals surface area contributed by atoms with Crippen LogP contribution in [0.1, 0.15) is 117 Å². The summed E-state index contributed by atoms with van der Waals surface area (Å²) in [6, 6.07) is 2.46. The fourth-order valence-electron chi connectivity index (χ4n) is 6.39. The van der Waals surface area contributed by atoms with Gasteiger partial charge in [-0.25, -0.2) is 4.39 Å². The molecule has 5 rings (SSSR count). The van der Waals surface area contributed by atoms with Gasteiger partial charge in [0.2, 0.25) is 0 Å². The Kier molecular flexibility index (Phi) is 6.83. The monoisotopic (exact) mass is 551 g/mol. The summed E-state index contributed by atoms with van der Waals surface area (Å²) < 4.78 is 73.4. The van der Waals surface area contributed by atoms with E-state index in [1.165, 1.54) is 6.92 Å². The van der Waals surface area contributed by atoms with Crippen molar-refractivity contribution in [3.63, 3.8) is 0 Å². The standard InChI is InChI=1S/C29H33F4NO5/c1-14(2)23-21-22(20-19(36)13-27(4,5)26(24(20)34-23)38-15(3)35)28(8-10-37-11-9-28)39-25(21)17-7-6-16(12-18(17)30)29(31,32)33/h6-7,12,14,19,25-26,36H,8-11,13H2,1-5H3/t19-,25+,26+/m0/s1. The molecule has 10 heteroatoms. The minimum atomic E-state index is -4.69. The summed E-state index contributed by atoms with van der Waals surface area (Å²) in [6.07, 6.45) is -6.35. The largest absolute Gasteiger partial charge is 0.455 e. The average Bonchev–Trinajstić information content (AvgIpc) is 3.14. The van der Waals surface area contributed by atoms with Crippen molar-refractivity contribution in [3.8, 4) is 0 Å². The highest BCUT2D eigenvalue weighted by Gasteiger charge is 2.55. The summed E-state index contributed by atoms with van der Waals surface area (Å²) >= 11 is 0. The maximum atomic E-state index is 15.4. The van der Waals surface area contributed by atoms with Gasteiger partial charge in [0.25, 0.3) is 0 Å². The molecule has 0 unspecified atom stereocenters. The zero-order valence-electron chi connectivity index (χ0n) is 22.6. The number of rotatable bonds is 3. The lowest BCUT2D eigenvalue weighted by atomic mass is 9.68. The van der Waals surface area contributed by atoms with E-state index in [0.29, 0.717) is 60.2 Å². The summed E-state index contributed by atoms with van der Waals surface area (Å²) in [5, 5.41) is 11.5. The molecule has 1 aliphatic carbocycles. The number of aliphatic hydroxyl groups excluding tert-OH is 1. The number of fused-ring (bicyclic) bond motifs is 4. The predicted octanol–water partition coefficient (Wildman–Crippen LogP) is 6.56. The van der Waals surface area contributed by atoms with Crippen LogP contribution in [-0.4, -0.2) is 29.3 Å². The number of carbonyl (C=O) groups excluding carboxylic acids is 1. The molecule has 1 fully saturated rings. The van der Waals surface area contributed by atoms with Crippen LogP contribution in [0.4, 0.5) is 17.6 Å². The summed E-state index contributed by atoms with van der Waals surface area (Å²) in [6.45, 7) is 9.65. The Morgan fingerprint density at radius 2 is 1.85 bits per heavy atom. The van der Waals surface area contributed by atoms with Crippen LogP contribution in [-0.2, 0) is 30.8 Å². The minimum Gasteiger partial charge on any atom is -0.455 e. The molecule has 1 aromatic carbocycles. The van der Waals surface area contributed by atoms with E-state index in [1.807, 2.05) is 27.7 Å². The summed E-state index contributed by atoms with van der Waals surface area (Å²) in [7, 11) is 0. The van der Waals surface area contributed by atoms with Gasteiger partial charge in [-0.1, -0.05) is 33.8 Å². The van der Waals surface area contributed by atoms with Crippen molar-refractivity contribution in [1.29, 1.82) is 0 Å². The fourth-order valence-corrected chi connectivity index (χ4v) is 6.39. The second kappa shape index (κ2) is 9.52. The summed E-state index contributed by atoms with van der Waals surface area (Å²) in [5.74, 6) is -1.70. The van der Waals surface area contributed by atoms with Crippen LogP contribution in [0.3, 0.4) is 0 Å². The Balaban J connectivity index is 1.81. The average molecular weight is 552 g/mol. The highest BCUT2D eigenvalue weighted by atomic mass is 19.4. The van der Waals surface area contributed by atoms with Gasteiger partial charge in [0.15, 0.2) is 0 Å². The molecule has 2 aliphatic heterocycles. The zero-order valence-corrected chi connectivity index (χ0v) is 22.6. The Hall–Kier alpha value is -2.56. The number of benzene rings is 1. The second-order valence-electron chi connectivity index (χ2n) is 11.8. The van der Waals surface area contributed by atoms with Gasteiger partial charge in [-0.05, 0) is 30.0 Å². The van der Waals surface area contributed by atoms with Gasteiger partial charge in [0, 0.05) is 60.8 Å². The van der Waals surface area contributed by atoms with Crippen molar-refractivity contribution in [2.45, 2.75) is 89.9 Å². The highest BCUT2D eigenvalue weighted by Crippen LogP contribution is 2.60. The topological polar surface area (TPSA) is 77.9 Å². The SMILES string of the molecule is CC(=O)O[C@@H]1c2nc(C(C)C)c3c(c2[C@@H](O)CC1(C)C)C1(CCOCC1)O[C@@H]3c1ccc(C(F)(F)F)cc1F. The quantitative estimate of drug-likeness (QED) is 0.344. The molecule has 3 heterocycles. The molecule has 2 aromatic rings. The lowest BCUT2D eigenvalue weighted by Gasteiger charge is -2.43. The van der Waals surface area contributed by atoms with Gasteiger partial charge >= 0.3 is 12.1 Å². The van der Waals surface area contributed by atoms with Gasteiger partial charge in [0.05, 0.1) is 23.0 Å². The Labute approximate surface area is 224 Å². The number of aliphatic hydroxyl groups is 1. The van der Waals surface area contributed by atoms with Crippen LogP contribution in [0.5, 0.6) is 0 Å². The number of esters is 1. The van der Waals surface area contributed by atoms with Gasteiger partial charge in [-0.15, -0.1) is 0 Å². The number of pyridine rings is 1. The molecule has 3 aliphatic rings. The first kappa shape index (κ1) is 28.0. The van der Waals surface area contributed by atoms with Crippen molar-refractivity contribution in [1.82, 2.24) is 4.98 Å². The van der Waals surface area contributed by atoms with E-state index in [9.17, 15) is 23.1 Å². The van der Waals surface area contributed by atoms with Crippen LogP contribution in [0.2, 0.25) is 0 Å². The molecule has 1 aromatic heterocycles. The van der Waals surface area contributed by atoms with E-state index >= 15 is 4.39 Å². The van der Waals surface area contributed by atoms with E-state index in [2.05, 4.69) is 0 Å². The highest BCUT2D eigenvalue weighted by molar-refractivity contribution is 5.67. The first-order valence-corrected chi connectivity index (χ1v) is 13.2. The molecule has 1 N–H and O–H groups in total. The number of aromatic nitrogens is 1. The molecule has 0 saturated carbocycles. The lowest BCUT2D eigenvalue weighted by Crippen LogP contribution is -2.39. The smallest absolute Gasteiger partial charge is 0.416 e. The molecule has 39 heavy (non-hydrogen) atoms. The molecule has 3 atom stereocenters. The molecular weight excluding hydrogens is 518 g/mol. The maximum absolute atomic E-state index is 15.4. The van der Waals surface area contributed by atoms with Gasteiger partial charge in [-0.3, -0.25) is 9.78 Å². The van der Waals surface area contributed by atoms with Crippen molar-refractivity contribution < 1.29 is 41.7 Å². The normalized spacial score (nSPS) is 25.5. The van der Waals surface area contributed by atoms with Crippen LogP contribution < -0.4 is 0 Å². The zero-order chi connectivity index (χ0) is 28.5. The third-order valence-electron chi connectivity index (χ3n) is 8.14. The van der Waals surface area contributed by atoms with Crippen LogP contribution in [0.25, 0.3) is 0 Å². The van der Waals surface area contributed by atoms with E-state index in [-0.39, 0.29) is 17.9 Å². The Morgan fingerprint density at radius 3 is 2.41 bits per heavy atom. The van der Waals surface area contributed by atoms with E-state index in [4.69, 9.17) is 19.2 Å². The summed E-state index contributed by atoms with van der Waals surface area (Å²) in [5.41, 5.74) is 0.0149. The number of ether oxygens (including phenoxy) is 3. The number of hydrogen-bond acceptors (Lipinski definition) is 6. The molecule has 212 valence electrons. The number of alkyl halides is 3. The molecule has 0 radical (unpaired) electrons. The summed E-state index contributed by atoms with van der Waals surface area (Å²) in [4.78, 5) is 17.1. The van der Waals surface area contributed by atoms with Crippen LogP contribution in [0.15, 0.2) is 18.2 Å². The lowest BCUT2D eigenvalue weighted by molar-refractivity contribution is -0.157. The second-order valence-corrected chi connectivity index (χ2v) is 11.8. The third kappa shape index (κ3) is 4.64. The molecule has 6 nitrogen and oxygen atoms in total. The van der Waals surface area contributed by atoms with Crippen molar-refractivity contribution in [3.05, 3.63) is 63.2 Å². The fraction of sp³-hybridized carbons (Fsp3) is 0.586. The molecular formula is C29H33F4NO5. The number of hydrogen-bond donors (Lipinski definition) is 1. The van der Waals surface area contributed by atoms with Crippen LogP contribution >= 0.6 is 0 Å². The van der Waals surface area contributed by atoms with E-state index in [0.717, 1.165) is 12.1 Å². The Bertz CT molecular complexity index is 1300. The third-order valence-corrected chi connectivity index (χ3v) is 8.14. The van der Waals surface area contributed by atoms with Crippen LogP contribution in [0, 0.1) is 11.2 Å². The molecule has 1 spiro atoms. The molecule has 1 saturated heterocycles. The molecule has 0 amide bonds. The number of halogens is 4. The number of nitrogens with zero attached hydrogens (tertiary/aromatic N) is 1. The van der Waals surface area contributed by atoms with Crippen molar-refractivity contribution in [2.75, 3.05) is 13.2 Å². The first-order valence-electron chi connectivity index (χ1n) is 13.2.